The summed E-state index contributed by atoms with van der Waals surface area (Å²) in [7, 11) is 0. The lowest BCUT2D eigenvalue weighted by molar-refractivity contribution is -0.137. The third kappa shape index (κ3) is 4.12. The number of anilines is 2. The highest BCUT2D eigenvalue weighted by atomic mass is 19.3. The van der Waals surface area contributed by atoms with Crippen LogP contribution in [0.5, 0.6) is 0 Å². The molecule has 2 bridgehead atoms. The molecule has 7 nitrogen and oxygen atoms in total. The standard InChI is InChI=1S/C23H28F2N6O/c1-22(2,3)13-30-12-15(11-27-30)28-21-26-7-6-19(29-21)14-8-16-4-5-17(9-14)31(16)20(32)18-10-23(18,24)25/h6-8,11-12,16-18H,4-5,9-10,13H2,1-3H3,(H,26,28,29)/t16?,17?,18-/m0/s1. The first kappa shape index (κ1) is 21.0. The second-order valence-corrected chi connectivity index (χ2v) is 10.3. The lowest BCUT2D eigenvalue weighted by atomic mass is 9.97. The first-order valence-corrected chi connectivity index (χ1v) is 11.1. The van der Waals surface area contributed by atoms with Gasteiger partial charge in [-0.05, 0) is 36.3 Å². The number of fused-ring (bicyclic) bond motifs is 2. The van der Waals surface area contributed by atoms with E-state index >= 15 is 0 Å². The molecule has 2 unspecified atom stereocenters. The zero-order valence-corrected chi connectivity index (χ0v) is 18.6. The van der Waals surface area contributed by atoms with Gasteiger partial charge in [-0.25, -0.2) is 18.7 Å². The van der Waals surface area contributed by atoms with Gasteiger partial charge in [-0.2, -0.15) is 5.10 Å². The molecule has 2 fully saturated rings. The van der Waals surface area contributed by atoms with Gasteiger partial charge in [0.15, 0.2) is 0 Å². The van der Waals surface area contributed by atoms with Crippen molar-refractivity contribution < 1.29 is 13.6 Å². The van der Waals surface area contributed by atoms with E-state index in [9.17, 15) is 13.6 Å². The van der Waals surface area contributed by atoms with Crippen molar-refractivity contribution in [1.82, 2.24) is 24.6 Å². The molecule has 3 aliphatic rings. The van der Waals surface area contributed by atoms with Crippen LogP contribution in [0.15, 0.2) is 30.7 Å². The molecule has 9 heteroatoms. The molecule has 1 N–H and O–H groups in total. The van der Waals surface area contributed by atoms with Crippen LogP contribution < -0.4 is 5.32 Å². The minimum atomic E-state index is -2.82. The molecule has 5 rings (SSSR count). The lowest BCUT2D eigenvalue weighted by Crippen LogP contribution is -2.44. The van der Waals surface area contributed by atoms with E-state index in [1.165, 1.54) is 0 Å². The van der Waals surface area contributed by atoms with Crippen molar-refractivity contribution in [2.24, 2.45) is 11.3 Å². The van der Waals surface area contributed by atoms with Gasteiger partial charge < -0.3 is 10.2 Å². The van der Waals surface area contributed by atoms with Gasteiger partial charge in [0.1, 0.15) is 5.92 Å². The summed E-state index contributed by atoms with van der Waals surface area (Å²) >= 11 is 0. The van der Waals surface area contributed by atoms with E-state index in [0.717, 1.165) is 36.3 Å². The van der Waals surface area contributed by atoms with Crippen LogP contribution in [0.4, 0.5) is 20.4 Å². The highest BCUT2D eigenvalue weighted by Crippen LogP contribution is 2.51. The summed E-state index contributed by atoms with van der Waals surface area (Å²) in [6.45, 7) is 7.27. The summed E-state index contributed by atoms with van der Waals surface area (Å²) in [5.41, 5.74) is 2.77. The molecule has 170 valence electrons. The zero-order valence-electron chi connectivity index (χ0n) is 18.6. The SMILES string of the molecule is CC(C)(C)Cn1cc(Nc2nccc(C3=CC4CCC(C3)N4C(=O)[C@@H]3CC3(F)F)n2)cn1. The summed E-state index contributed by atoms with van der Waals surface area (Å²) in [6, 6.07) is 1.69. The van der Waals surface area contributed by atoms with E-state index in [-0.39, 0.29) is 23.9 Å². The summed E-state index contributed by atoms with van der Waals surface area (Å²) in [5.74, 6) is -3.87. The number of halogens is 2. The van der Waals surface area contributed by atoms with Gasteiger partial charge in [-0.15, -0.1) is 0 Å². The average molecular weight is 443 g/mol. The maximum atomic E-state index is 13.4. The van der Waals surface area contributed by atoms with Gasteiger partial charge in [0, 0.05) is 31.4 Å². The molecule has 1 amide bonds. The molecular weight excluding hydrogens is 414 g/mol. The summed E-state index contributed by atoms with van der Waals surface area (Å²) in [4.78, 5) is 23.3. The Labute approximate surface area is 185 Å². The van der Waals surface area contributed by atoms with Crippen molar-refractivity contribution in [1.29, 1.82) is 0 Å². The normalized spacial score (nSPS) is 26.1. The molecule has 0 aromatic carbocycles. The third-order valence-electron chi connectivity index (χ3n) is 6.28. The molecule has 4 heterocycles. The fraction of sp³-hybridized carbons (Fsp3) is 0.565. The van der Waals surface area contributed by atoms with E-state index in [1.807, 2.05) is 23.0 Å². The second-order valence-electron chi connectivity index (χ2n) is 10.3. The number of alkyl halides is 2. The quantitative estimate of drug-likeness (QED) is 0.749. The maximum absolute atomic E-state index is 13.4. The predicted molar refractivity (Wildman–Crippen MR) is 116 cm³/mol. The van der Waals surface area contributed by atoms with Crippen LogP contribution in [0.3, 0.4) is 0 Å². The van der Waals surface area contributed by atoms with Gasteiger partial charge in [0.25, 0.3) is 5.92 Å². The number of rotatable bonds is 5. The minimum Gasteiger partial charge on any atom is -0.332 e. The smallest absolute Gasteiger partial charge is 0.260 e. The van der Waals surface area contributed by atoms with Gasteiger partial charge in [0.05, 0.1) is 23.6 Å². The van der Waals surface area contributed by atoms with E-state index < -0.39 is 17.7 Å². The van der Waals surface area contributed by atoms with Crippen molar-refractivity contribution in [3.8, 4) is 0 Å². The van der Waals surface area contributed by atoms with Gasteiger partial charge in [0.2, 0.25) is 11.9 Å². The fourth-order valence-electron chi connectivity index (χ4n) is 4.75. The Morgan fingerprint density at radius 1 is 1.31 bits per heavy atom. The van der Waals surface area contributed by atoms with Crippen LogP contribution >= 0.6 is 0 Å². The summed E-state index contributed by atoms with van der Waals surface area (Å²) in [5, 5.41) is 7.59. The first-order chi connectivity index (χ1) is 15.1. The molecule has 0 spiro atoms. The Morgan fingerprint density at radius 3 is 2.78 bits per heavy atom. The third-order valence-corrected chi connectivity index (χ3v) is 6.28. The van der Waals surface area contributed by atoms with Gasteiger partial charge in [-0.1, -0.05) is 26.8 Å². The molecule has 1 aliphatic carbocycles. The fourth-order valence-corrected chi connectivity index (χ4v) is 4.75. The van der Waals surface area contributed by atoms with Crippen molar-refractivity contribution in [3.05, 3.63) is 36.4 Å². The zero-order chi connectivity index (χ0) is 22.7. The molecule has 3 atom stereocenters. The Bertz CT molecular complexity index is 1070. The van der Waals surface area contributed by atoms with E-state index in [2.05, 4.69) is 41.2 Å². The molecular formula is C23H28F2N6O. The average Bonchev–Trinajstić information content (AvgIpc) is 3.00. The Morgan fingerprint density at radius 2 is 2.09 bits per heavy atom. The molecule has 1 saturated carbocycles. The number of amides is 1. The number of aromatic nitrogens is 4. The van der Waals surface area contributed by atoms with Crippen molar-refractivity contribution in [2.45, 2.75) is 71.0 Å². The van der Waals surface area contributed by atoms with Crippen LogP contribution in [-0.4, -0.2) is 48.6 Å². The molecule has 0 radical (unpaired) electrons. The largest absolute Gasteiger partial charge is 0.332 e. The second kappa shape index (κ2) is 7.35. The highest BCUT2D eigenvalue weighted by Gasteiger charge is 2.63. The van der Waals surface area contributed by atoms with E-state index in [4.69, 9.17) is 0 Å². The Balaban J connectivity index is 1.30. The highest BCUT2D eigenvalue weighted by molar-refractivity contribution is 5.85. The summed E-state index contributed by atoms with van der Waals surface area (Å²) in [6.07, 6.45) is 9.35. The maximum Gasteiger partial charge on any atom is 0.260 e. The number of hydrogen-bond acceptors (Lipinski definition) is 5. The van der Waals surface area contributed by atoms with Gasteiger partial charge >= 0.3 is 0 Å². The Hall–Kier alpha value is -2.84. The monoisotopic (exact) mass is 442 g/mol. The van der Waals surface area contributed by atoms with E-state index in [0.29, 0.717) is 12.4 Å². The minimum absolute atomic E-state index is 0.0362. The van der Waals surface area contributed by atoms with Crippen molar-refractivity contribution >= 4 is 23.1 Å². The van der Waals surface area contributed by atoms with Crippen molar-refractivity contribution in [2.75, 3.05) is 5.32 Å². The first-order valence-electron chi connectivity index (χ1n) is 11.1. The van der Waals surface area contributed by atoms with Crippen molar-refractivity contribution in [3.63, 3.8) is 0 Å². The Kier molecular flexibility index (Phi) is 4.83. The number of nitrogens with one attached hydrogen (secondary N) is 1. The molecule has 2 aliphatic heterocycles. The molecule has 1 saturated heterocycles. The number of nitrogens with zero attached hydrogens (tertiary/aromatic N) is 5. The van der Waals surface area contributed by atoms with Crippen LogP contribution in [-0.2, 0) is 11.3 Å². The summed E-state index contributed by atoms with van der Waals surface area (Å²) < 4.78 is 28.8. The molecule has 2 aromatic heterocycles. The lowest BCUT2D eigenvalue weighted by Gasteiger charge is -2.34. The number of carbonyl (C=O) groups is 1. The van der Waals surface area contributed by atoms with Crippen LogP contribution in [0.2, 0.25) is 0 Å². The topological polar surface area (TPSA) is 75.9 Å². The van der Waals surface area contributed by atoms with Crippen LogP contribution in [0.25, 0.3) is 5.57 Å². The molecule has 32 heavy (non-hydrogen) atoms. The molecule has 2 aromatic rings. The van der Waals surface area contributed by atoms with Gasteiger partial charge in [-0.3, -0.25) is 9.48 Å². The van der Waals surface area contributed by atoms with E-state index in [1.54, 1.807) is 17.3 Å². The number of hydrogen-bond donors (Lipinski definition) is 1. The number of carbonyl (C=O) groups excluding carboxylic acids is 1. The van der Waals surface area contributed by atoms with Crippen LogP contribution in [0, 0.1) is 11.3 Å². The predicted octanol–water partition coefficient (Wildman–Crippen LogP) is 4.26. The van der Waals surface area contributed by atoms with Crippen LogP contribution in [0.1, 0.15) is 52.1 Å².